The number of ether oxygens (including phenoxy) is 1. The summed E-state index contributed by atoms with van der Waals surface area (Å²) in [6.07, 6.45) is 0.163. The van der Waals surface area contributed by atoms with Gasteiger partial charge in [0.05, 0.1) is 12.1 Å². The first-order chi connectivity index (χ1) is 10.1. The van der Waals surface area contributed by atoms with Crippen LogP contribution in [0, 0.1) is 0 Å². The Morgan fingerprint density at radius 1 is 1.14 bits per heavy atom. The minimum atomic E-state index is 0.0573. The second kappa shape index (κ2) is 7.48. The minimum Gasteiger partial charge on any atom is -0.491 e. The SMILES string of the molecule is CC(C)Oc1cccc(C(CN)Nc2ccc(Br)cc2)c1. The Balaban J connectivity index is 2.15. The minimum absolute atomic E-state index is 0.0573. The molecule has 0 aliphatic carbocycles. The topological polar surface area (TPSA) is 47.3 Å². The van der Waals surface area contributed by atoms with Crippen molar-refractivity contribution in [2.45, 2.75) is 26.0 Å². The van der Waals surface area contributed by atoms with Crippen LogP contribution in [-0.2, 0) is 0 Å². The molecule has 1 unspecified atom stereocenters. The van der Waals surface area contributed by atoms with E-state index in [1.807, 2.05) is 56.3 Å². The maximum atomic E-state index is 5.92. The maximum absolute atomic E-state index is 5.92. The smallest absolute Gasteiger partial charge is 0.120 e. The molecule has 0 radical (unpaired) electrons. The van der Waals surface area contributed by atoms with Crippen molar-refractivity contribution in [1.29, 1.82) is 0 Å². The molecule has 0 spiro atoms. The van der Waals surface area contributed by atoms with Gasteiger partial charge in [0.2, 0.25) is 0 Å². The molecule has 3 N–H and O–H groups in total. The van der Waals surface area contributed by atoms with Crippen molar-refractivity contribution in [2.75, 3.05) is 11.9 Å². The summed E-state index contributed by atoms with van der Waals surface area (Å²) in [7, 11) is 0. The van der Waals surface area contributed by atoms with Crippen LogP contribution in [0.2, 0.25) is 0 Å². The van der Waals surface area contributed by atoms with Crippen LogP contribution >= 0.6 is 15.9 Å². The molecule has 2 aromatic carbocycles. The normalized spacial score (nSPS) is 12.2. The van der Waals surface area contributed by atoms with Gasteiger partial charge in [-0.3, -0.25) is 0 Å². The van der Waals surface area contributed by atoms with Crippen molar-refractivity contribution < 1.29 is 4.74 Å². The number of hydrogen-bond donors (Lipinski definition) is 2. The summed E-state index contributed by atoms with van der Waals surface area (Å²) in [5, 5.41) is 3.45. The molecule has 21 heavy (non-hydrogen) atoms. The van der Waals surface area contributed by atoms with Crippen molar-refractivity contribution >= 4 is 21.6 Å². The number of nitrogens with two attached hydrogens (primary N) is 1. The predicted octanol–water partition coefficient (Wildman–Crippen LogP) is 4.35. The number of halogens is 1. The van der Waals surface area contributed by atoms with E-state index in [0.29, 0.717) is 6.54 Å². The summed E-state index contributed by atoms with van der Waals surface area (Å²) in [6, 6.07) is 16.2. The van der Waals surface area contributed by atoms with Crippen LogP contribution in [0.15, 0.2) is 53.0 Å². The highest BCUT2D eigenvalue weighted by Crippen LogP contribution is 2.24. The monoisotopic (exact) mass is 348 g/mol. The van der Waals surface area contributed by atoms with Gasteiger partial charge in [-0.15, -0.1) is 0 Å². The van der Waals surface area contributed by atoms with Gasteiger partial charge in [0.25, 0.3) is 0 Å². The molecule has 0 saturated heterocycles. The lowest BCUT2D eigenvalue weighted by Crippen LogP contribution is -2.20. The quantitative estimate of drug-likeness (QED) is 0.815. The molecule has 0 heterocycles. The zero-order chi connectivity index (χ0) is 15.2. The molecule has 0 amide bonds. The number of hydrogen-bond acceptors (Lipinski definition) is 3. The highest BCUT2D eigenvalue weighted by Gasteiger charge is 2.11. The zero-order valence-electron chi connectivity index (χ0n) is 12.3. The molecule has 3 nitrogen and oxygen atoms in total. The van der Waals surface area contributed by atoms with Gasteiger partial charge in [0.15, 0.2) is 0 Å². The van der Waals surface area contributed by atoms with Crippen LogP contribution in [0.1, 0.15) is 25.5 Å². The van der Waals surface area contributed by atoms with Crippen molar-refractivity contribution in [3.63, 3.8) is 0 Å². The Morgan fingerprint density at radius 2 is 1.86 bits per heavy atom. The Bertz CT molecular complexity index is 569. The molecule has 2 aromatic rings. The summed E-state index contributed by atoms with van der Waals surface area (Å²) < 4.78 is 6.80. The lowest BCUT2D eigenvalue weighted by atomic mass is 10.1. The molecule has 112 valence electrons. The van der Waals surface area contributed by atoms with Gasteiger partial charge in [-0.25, -0.2) is 0 Å². The first-order valence-corrected chi connectivity index (χ1v) is 7.86. The van der Waals surface area contributed by atoms with E-state index in [2.05, 4.69) is 27.3 Å². The van der Waals surface area contributed by atoms with Crippen molar-refractivity contribution in [3.8, 4) is 5.75 Å². The number of rotatable bonds is 6. The molecule has 0 fully saturated rings. The molecule has 4 heteroatoms. The fourth-order valence-electron chi connectivity index (χ4n) is 2.10. The van der Waals surface area contributed by atoms with Crippen LogP contribution in [0.4, 0.5) is 5.69 Å². The largest absolute Gasteiger partial charge is 0.491 e. The van der Waals surface area contributed by atoms with Gasteiger partial charge >= 0.3 is 0 Å². The van der Waals surface area contributed by atoms with Crippen molar-refractivity contribution in [3.05, 3.63) is 58.6 Å². The molecule has 0 saturated carbocycles. The van der Waals surface area contributed by atoms with Gasteiger partial charge in [0, 0.05) is 16.7 Å². The van der Waals surface area contributed by atoms with Crippen molar-refractivity contribution in [1.82, 2.24) is 0 Å². The fraction of sp³-hybridized carbons (Fsp3) is 0.294. The standard InChI is InChI=1S/C17H21BrN2O/c1-12(2)21-16-5-3-4-13(10-16)17(11-19)20-15-8-6-14(18)7-9-15/h3-10,12,17,20H,11,19H2,1-2H3. The first-order valence-electron chi connectivity index (χ1n) is 7.07. The van der Waals surface area contributed by atoms with E-state index in [-0.39, 0.29) is 12.1 Å². The lowest BCUT2D eigenvalue weighted by molar-refractivity contribution is 0.242. The third-order valence-corrected chi connectivity index (χ3v) is 3.58. The summed E-state index contributed by atoms with van der Waals surface area (Å²) in [5.74, 6) is 0.874. The van der Waals surface area contributed by atoms with E-state index < -0.39 is 0 Å². The van der Waals surface area contributed by atoms with Gasteiger partial charge < -0.3 is 15.8 Å². The maximum Gasteiger partial charge on any atom is 0.120 e. The highest BCUT2D eigenvalue weighted by atomic mass is 79.9. The Kier molecular flexibility index (Phi) is 5.65. The van der Waals surface area contributed by atoms with E-state index in [9.17, 15) is 0 Å². The summed E-state index contributed by atoms with van der Waals surface area (Å²) in [4.78, 5) is 0. The molecule has 0 bridgehead atoms. The van der Waals surface area contributed by atoms with Crippen LogP contribution in [0.3, 0.4) is 0 Å². The van der Waals surface area contributed by atoms with Crippen LogP contribution in [0.25, 0.3) is 0 Å². The average Bonchev–Trinajstić information content (AvgIpc) is 2.46. The zero-order valence-corrected chi connectivity index (χ0v) is 13.9. The Hall–Kier alpha value is -1.52. The third-order valence-electron chi connectivity index (χ3n) is 3.05. The highest BCUT2D eigenvalue weighted by molar-refractivity contribution is 9.10. The number of nitrogens with one attached hydrogen (secondary N) is 1. The van der Waals surface area contributed by atoms with Crippen molar-refractivity contribution in [2.24, 2.45) is 5.73 Å². The first kappa shape index (κ1) is 15.9. The van der Waals surface area contributed by atoms with E-state index in [4.69, 9.17) is 10.5 Å². The lowest BCUT2D eigenvalue weighted by Gasteiger charge is -2.20. The number of anilines is 1. The van der Waals surface area contributed by atoms with E-state index in [1.165, 1.54) is 0 Å². The second-order valence-corrected chi connectivity index (χ2v) is 6.09. The van der Waals surface area contributed by atoms with Gasteiger partial charge in [-0.2, -0.15) is 0 Å². The molecular weight excluding hydrogens is 328 g/mol. The van der Waals surface area contributed by atoms with E-state index in [1.54, 1.807) is 0 Å². The average molecular weight is 349 g/mol. The molecule has 1 atom stereocenters. The van der Waals surface area contributed by atoms with E-state index >= 15 is 0 Å². The molecule has 2 rings (SSSR count). The summed E-state index contributed by atoms with van der Waals surface area (Å²) >= 11 is 3.44. The summed E-state index contributed by atoms with van der Waals surface area (Å²) in [5.41, 5.74) is 8.09. The van der Waals surface area contributed by atoms with Crippen LogP contribution in [-0.4, -0.2) is 12.6 Å². The Morgan fingerprint density at radius 3 is 2.48 bits per heavy atom. The van der Waals surface area contributed by atoms with Crippen LogP contribution in [0.5, 0.6) is 5.75 Å². The Labute approximate surface area is 134 Å². The number of benzene rings is 2. The second-order valence-electron chi connectivity index (χ2n) is 5.18. The van der Waals surface area contributed by atoms with Gasteiger partial charge in [-0.1, -0.05) is 28.1 Å². The van der Waals surface area contributed by atoms with Gasteiger partial charge in [0.1, 0.15) is 5.75 Å². The van der Waals surface area contributed by atoms with E-state index in [0.717, 1.165) is 21.5 Å². The molecule has 0 aromatic heterocycles. The predicted molar refractivity (Wildman–Crippen MR) is 91.8 cm³/mol. The third kappa shape index (κ3) is 4.76. The molecule has 0 aliphatic heterocycles. The molecule has 0 aliphatic rings. The molecular formula is C17H21BrN2O. The summed E-state index contributed by atoms with van der Waals surface area (Å²) in [6.45, 7) is 4.56. The fourth-order valence-corrected chi connectivity index (χ4v) is 2.37. The van der Waals surface area contributed by atoms with Gasteiger partial charge in [-0.05, 0) is 55.8 Å². The van der Waals surface area contributed by atoms with Crippen LogP contribution < -0.4 is 15.8 Å².